The molecule has 3 heterocycles. The van der Waals surface area contributed by atoms with Gasteiger partial charge in [0.2, 0.25) is 0 Å². The average Bonchev–Trinajstić information content (AvgIpc) is 3.65. The summed E-state index contributed by atoms with van der Waals surface area (Å²) in [6.45, 7) is 2.86. The number of benzene rings is 1. The van der Waals surface area contributed by atoms with Crippen LogP contribution in [0.15, 0.2) is 30.3 Å². The Morgan fingerprint density at radius 2 is 1.94 bits per heavy atom. The lowest BCUT2D eigenvalue weighted by Gasteiger charge is -2.27. The number of methoxy groups -OCH3 is 1. The maximum absolute atomic E-state index is 15.0. The monoisotopic (exact) mass is 478 g/mol. The zero-order valence-electron chi connectivity index (χ0n) is 20.3. The number of esters is 1. The number of halogens is 1. The van der Waals surface area contributed by atoms with Gasteiger partial charge in [0.25, 0.3) is 5.91 Å². The minimum absolute atomic E-state index is 0.0345. The first-order valence-electron chi connectivity index (χ1n) is 12.5. The summed E-state index contributed by atoms with van der Waals surface area (Å²) in [4.78, 5) is 31.5. The van der Waals surface area contributed by atoms with Crippen molar-refractivity contribution in [3.63, 3.8) is 0 Å². The maximum Gasteiger partial charge on any atom is 0.305 e. The van der Waals surface area contributed by atoms with Crippen LogP contribution in [0.2, 0.25) is 0 Å². The summed E-state index contributed by atoms with van der Waals surface area (Å²) in [5, 5.41) is 4.68. The molecule has 1 amide bonds. The van der Waals surface area contributed by atoms with Gasteiger partial charge in [-0.15, -0.1) is 0 Å². The van der Waals surface area contributed by atoms with Gasteiger partial charge in [-0.25, -0.2) is 13.9 Å². The fourth-order valence-corrected chi connectivity index (χ4v) is 4.90. The number of hydrogen-bond donors (Lipinski definition) is 0. The van der Waals surface area contributed by atoms with Gasteiger partial charge >= 0.3 is 5.97 Å². The topological polar surface area (TPSA) is 76.8 Å². The van der Waals surface area contributed by atoms with Gasteiger partial charge in [-0.05, 0) is 62.8 Å². The van der Waals surface area contributed by atoms with E-state index in [2.05, 4.69) is 21.7 Å². The van der Waals surface area contributed by atoms with Crippen LogP contribution in [0.5, 0.6) is 0 Å². The molecule has 1 aliphatic carbocycles. The highest BCUT2D eigenvalue weighted by Crippen LogP contribution is 2.40. The summed E-state index contributed by atoms with van der Waals surface area (Å²) >= 11 is 0. The molecular formula is C27H31FN4O3. The van der Waals surface area contributed by atoms with Crippen LogP contribution in [0, 0.1) is 5.82 Å². The van der Waals surface area contributed by atoms with Gasteiger partial charge in [-0.1, -0.05) is 18.9 Å². The molecule has 0 bridgehead atoms. The van der Waals surface area contributed by atoms with Gasteiger partial charge < -0.3 is 9.64 Å². The van der Waals surface area contributed by atoms with Crippen molar-refractivity contribution in [1.82, 2.24) is 19.5 Å². The van der Waals surface area contributed by atoms with Crippen molar-refractivity contribution >= 4 is 17.5 Å². The van der Waals surface area contributed by atoms with Crippen LogP contribution >= 0.6 is 0 Å². The number of ether oxygens (including phenoxy) is 1. The molecule has 0 N–H and O–H groups in total. The number of likely N-dealkylation sites (tertiary alicyclic amines) is 1. The van der Waals surface area contributed by atoms with Crippen molar-refractivity contribution in [1.29, 1.82) is 0 Å². The molecule has 0 spiro atoms. The minimum Gasteiger partial charge on any atom is -0.469 e. The van der Waals surface area contributed by atoms with E-state index < -0.39 is 5.82 Å². The van der Waals surface area contributed by atoms with Crippen molar-refractivity contribution in [2.45, 2.75) is 70.3 Å². The summed E-state index contributed by atoms with van der Waals surface area (Å²) < 4.78 is 21.5. The molecule has 1 atom stereocenters. The Balaban J connectivity index is 1.47. The Morgan fingerprint density at radius 1 is 1.11 bits per heavy atom. The van der Waals surface area contributed by atoms with Gasteiger partial charge in [0, 0.05) is 42.2 Å². The van der Waals surface area contributed by atoms with Crippen LogP contribution < -0.4 is 0 Å². The Hall–Kier alpha value is -3.29. The Labute approximate surface area is 204 Å². The third-order valence-electron chi connectivity index (χ3n) is 7.14. The Morgan fingerprint density at radius 3 is 2.69 bits per heavy atom. The second kappa shape index (κ2) is 9.76. The number of rotatable bonds is 6. The number of hydrogen-bond acceptors (Lipinski definition) is 5. The molecule has 2 fully saturated rings. The maximum atomic E-state index is 15.0. The quantitative estimate of drug-likeness (QED) is 0.470. The van der Waals surface area contributed by atoms with Gasteiger partial charge in [0.05, 0.1) is 12.8 Å². The molecule has 3 aromatic rings. The van der Waals surface area contributed by atoms with E-state index in [-0.39, 0.29) is 24.3 Å². The second-order valence-electron chi connectivity index (χ2n) is 9.73. The van der Waals surface area contributed by atoms with Crippen molar-refractivity contribution in [2.75, 3.05) is 13.7 Å². The molecule has 0 radical (unpaired) electrons. The Kier molecular flexibility index (Phi) is 6.54. The van der Waals surface area contributed by atoms with Crippen LogP contribution in [-0.4, -0.2) is 51.1 Å². The summed E-state index contributed by atoms with van der Waals surface area (Å²) in [7, 11) is 1.34. The van der Waals surface area contributed by atoms with Crippen LogP contribution in [0.4, 0.5) is 4.39 Å². The lowest BCUT2D eigenvalue weighted by Crippen LogP contribution is -2.38. The zero-order valence-corrected chi connectivity index (χ0v) is 20.3. The number of carbonyl (C=O) groups is 2. The van der Waals surface area contributed by atoms with E-state index in [1.165, 1.54) is 13.2 Å². The standard InChI is InChI=1S/C27H31FN4O3/c1-17-6-4-3-5-13-31(17)27(34)23-15-24(19-9-10-19)32-25(29-23)16-22(30-32)20-11-7-18(14-21(20)28)8-12-26(33)35-2/h7,11,14-17,19H,3-6,8-10,12-13H2,1-2H3/t17-/m1/s1. The number of carbonyl (C=O) groups excluding carboxylic acids is 2. The highest BCUT2D eigenvalue weighted by atomic mass is 19.1. The molecule has 7 nitrogen and oxygen atoms in total. The largest absolute Gasteiger partial charge is 0.469 e. The van der Waals surface area contributed by atoms with E-state index in [0.717, 1.165) is 56.3 Å². The van der Waals surface area contributed by atoms with E-state index >= 15 is 4.39 Å². The van der Waals surface area contributed by atoms with E-state index in [0.29, 0.717) is 34.9 Å². The molecule has 1 saturated heterocycles. The first-order chi connectivity index (χ1) is 16.9. The van der Waals surface area contributed by atoms with E-state index in [9.17, 15) is 9.59 Å². The van der Waals surface area contributed by atoms with Crippen LogP contribution in [0.3, 0.4) is 0 Å². The first-order valence-corrected chi connectivity index (χ1v) is 12.5. The number of aromatic nitrogens is 3. The summed E-state index contributed by atoms with van der Waals surface area (Å²) in [5.41, 5.74) is 3.53. The highest BCUT2D eigenvalue weighted by Gasteiger charge is 2.31. The lowest BCUT2D eigenvalue weighted by molar-refractivity contribution is -0.140. The molecule has 5 rings (SSSR count). The summed E-state index contributed by atoms with van der Waals surface area (Å²) in [6.07, 6.45) is 7.01. The number of amides is 1. The molecule has 2 aliphatic rings. The van der Waals surface area contributed by atoms with E-state index in [1.807, 2.05) is 11.0 Å². The normalized spacial score (nSPS) is 18.5. The lowest BCUT2D eigenvalue weighted by atomic mass is 10.0. The fraction of sp³-hybridized carbons (Fsp3) is 0.481. The number of fused-ring (bicyclic) bond motifs is 1. The molecule has 1 saturated carbocycles. The van der Waals surface area contributed by atoms with Crippen LogP contribution in [-0.2, 0) is 16.0 Å². The summed E-state index contributed by atoms with van der Waals surface area (Å²) in [6, 6.07) is 8.75. The molecule has 8 heteroatoms. The van der Waals surface area contributed by atoms with Crippen LogP contribution in [0.1, 0.15) is 79.5 Å². The van der Waals surface area contributed by atoms with Gasteiger partial charge in [-0.3, -0.25) is 9.59 Å². The smallest absolute Gasteiger partial charge is 0.305 e. The fourth-order valence-electron chi connectivity index (χ4n) is 4.90. The Bertz CT molecular complexity index is 1270. The first kappa shape index (κ1) is 23.5. The molecular weight excluding hydrogens is 447 g/mol. The van der Waals surface area contributed by atoms with Gasteiger partial charge in [-0.2, -0.15) is 5.10 Å². The zero-order chi connectivity index (χ0) is 24.5. The van der Waals surface area contributed by atoms with Gasteiger partial charge in [0.1, 0.15) is 11.5 Å². The highest BCUT2D eigenvalue weighted by molar-refractivity contribution is 5.93. The second-order valence-corrected chi connectivity index (χ2v) is 9.73. The molecule has 2 aromatic heterocycles. The molecule has 1 aromatic carbocycles. The predicted molar refractivity (Wildman–Crippen MR) is 130 cm³/mol. The predicted octanol–water partition coefficient (Wildman–Crippen LogP) is 4.92. The number of nitrogens with zero attached hydrogens (tertiary/aromatic N) is 4. The minimum atomic E-state index is -0.404. The summed E-state index contributed by atoms with van der Waals surface area (Å²) in [5.74, 6) is -0.425. The number of aryl methyl sites for hydroxylation is 1. The molecule has 35 heavy (non-hydrogen) atoms. The van der Waals surface area contributed by atoms with Crippen molar-refractivity contribution in [3.05, 3.63) is 53.1 Å². The van der Waals surface area contributed by atoms with E-state index in [4.69, 9.17) is 0 Å². The third kappa shape index (κ3) is 4.92. The van der Waals surface area contributed by atoms with Crippen LogP contribution in [0.25, 0.3) is 16.9 Å². The average molecular weight is 479 g/mol. The van der Waals surface area contributed by atoms with Crippen molar-refractivity contribution in [3.8, 4) is 11.3 Å². The third-order valence-corrected chi connectivity index (χ3v) is 7.14. The van der Waals surface area contributed by atoms with Crippen molar-refractivity contribution in [2.24, 2.45) is 0 Å². The molecule has 184 valence electrons. The van der Waals surface area contributed by atoms with Gasteiger partial charge in [0.15, 0.2) is 5.65 Å². The molecule has 1 aliphatic heterocycles. The van der Waals surface area contributed by atoms with Crippen molar-refractivity contribution < 1.29 is 18.7 Å². The molecule has 0 unspecified atom stereocenters. The SMILES string of the molecule is COC(=O)CCc1ccc(-c2cc3nc(C(=O)N4CCCCC[C@H]4C)cc(C4CC4)n3n2)c(F)c1. The van der Waals surface area contributed by atoms with E-state index in [1.54, 1.807) is 22.7 Å².